The van der Waals surface area contributed by atoms with Crippen LogP contribution in [-0.2, 0) is 14.3 Å². The monoisotopic (exact) mass is 390 g/mol. The number of nitrogens with one attached hydrogen (secondary N) is 1. The summed E-state index contributed by atoms with van der Waals surface area (Å²) in [6.45, 7) is 1.92. The van der Waals surface area contributed by atoms with Crippen LogP contribution in [0.4, 0.5) is 5.69 Å². The molecular formula is C23H22N2O4. The van der Waals surface area contributed by atoms with Gasteiger partial charge in [0.05, 0.1) is 25.0 Å². The van der Waals surface area contributed by atoms with Gasteiger partial charge in [0.25, 0.3) is 0 Å². The number of nitriles is 1. The molecule has 148 valence electrons. The molecule has 0 saturated carbocycles. The van der Waals surface area contributed by atoms with E-state index in [2.05, 4.69) is 11.4 Å². The molecule has 1 aliphatic carbocycles. The van der Waals surface area contributed by atoms with E-state index >= 15 is 0 Å². The third-order valence-electron chi connectivity index (χ3n) is 4.87. The smallest absolute Gasteiger partial charge is 0.317 e. The molecule has 0 spiro atoms. The van der Waals surface area contributed by atoms with Crippen LogP contribution in [0, 0.1) is 17.2 Å². The van der Waals surface area contributed by atoms with Crippen molar-refractivity contribution >= 4 is 17.4 Å². The van der Waals surface area contributed by atoms with Crippen molar-refractivity contribution in [2.75, 3.05) is 19.0 Å². The zero-order valence-electron chi connectivity index (χ0n) is 16.3. The number of ketones is 1. The van der Waals surface area contributed by atoms with Crippen molar-refractivity contribution < 1.29 is 19.1 Å². The lowest BCUT2D eigenvalue weighted by molar-refractivity contribution is -0.151. The molecule has 0 aliphatic heterocycles. The van der Waals surface area contributed by atoms with E-state index in [0.29, 0.717) is 29.1 Å². The molecule has 2 aromatic carbocycles. The van der Waals surface area contributed by atoms with Crippen LogP contribution < -0.4 is 10.1 Å². The summed E-state index contributed by atoms with van der Waals surface area (Å²) >= 11 is 0. The number of nitrogens with zero attached hydrogens (tertiary/aromatic N) is 1. The molecule has 1 aliphatic rings. The Labute approximate surface area is 169 Å². The van der Waals surface area contributed by atoms with Gasteiger partial charge >= 0.3 is 5.97 Å². The lowest BCUT2D eigenvalue weighted by atomic mass is 9.76. The number of carbonyl (C=O) groups is 2. The van der Waals surface area contributed by atoms with E-state index in [9.17, 15) is 14.9 Å². The van der Waals surface area contributed by atoms with E-state index in [4.69, 9.17) is 9.47 Å². The van der Waals surface area contributed by atoms with Crippen molar-refractivity contribution in [1.29, 1.82) is 5.26 Å². The van der Waals surface area contributed by atoms with Crippen molar-refractivity contribution in [1.82, 2.24) is 0 Å². The maximum atomic E-state index is 12.9. The summed E-state index contributed by atoms with van der Waals surface area (Å²) in [4.78, 5) is 25.4. The quantitative estimate of drug-likeness (QED) is 0.596. The molecule has 0 bridgehead atoms. The second-order valence-corrected chi connectivity index (χ2v) is 6.67. The van der Waals surface area contributed by atoms with E-state index in [1.165, 1.54) is 6.08 Å². The largest absolute Gasteiger partial charge is 0.497 e. The van der Waals surface area contributed by atoms with E-state index in [0.717, 1.165) is 5.56 Å². The van der Waals surface area contributed by atoms with Crippen molar-refractivity contribution in [3.63, 3.8) is 0 Å². The number of benzene rings is 2. The van der Waals surface area contributed by atoms with E-state index in [1.807, 2.05) is 30.3 Å². The molecule has 0 amide bonds. The Morgan fingerprint density at radius 3 is 2.76 bits per heavy atom. The number of carbonyl (C=O) groups excluding carboxylic acids is 2. The maximum absolute atomic E-state index is 12.9. The summed E-state index contributed by atoms with van der Waals surface area (Å²) < 4.78 is 10.5. The molecule has 6 nitrogen and oxygen atoms in total. The third kappa shape index (κ3) is 4.46. The van der Waals surface area contributed by atoms with E-state index < -0.39 is 17.8 Å². The van der Waals surface area contributed by atoms with Gasteiger partial charge in [0.15, 0.2) is 5.78 Å². The summed E-state index contributed by atoms with van der Waals surface area (Å²) in [7, 11) is 1.57. The van der Waals surface area contributed by atoms with Crippen LogP contribution in [0.3, 0.4) is 0 Å². The number of hydrogen-bond acceptors (Lipinski definition) is 6. The van der Waals surface area contributed by atoms with Gasteiger partial charge in [0.2, 0.25) is 0 Å². The highest BCUT2D eigenvalue weighted by Crippen LogP contribution is 2.38. The van der Waals surface area contributed by atoms with Crippen LogP contribution in [0.5, 0.6) is 5.75 Å². The lowest BCUT2D eigenvalue weighted by Crippen LogP contribution is -2.35. The highest BCUT2D eigenvalue weighted by Gasteiger charge is 2.39. The number of methoxy groups -OCH3 is 1. The van der Waals surface area contributed by atoms with Crippen LogP contribution in [0.2, 0.25) is 0 Å². The molecule has 3 rings (SSSR count). The van der Waals surface area contributed by atoms with Gasteiger partial charge in [-0.15, -0.1) is 0 Å². The number of hydrogen-bond donors (Lipinski definition) is 1. The second-order valence-electron chi connectivity index (χ2n) is 6.67. The first-order valence-corrected chi connectivity index (χ1v) is 9.38. The average Bonchev–Trinajstić information content (AvgIpc) is 2.74. The van der Waals surface area contributed by atoms with Crippen molar-refractivity contribution in [2.45, 2.75) is 19.3 Å². The fraction of sp³-hybridized carbons (Fsp3) is 0.261. The van der Waals surface area contributed by atoms with Crippen LogP contribution in [-0.4, -0.2) is 25.5 Å². The molecule has 0 fully saturated rings. The third-order valence-corrected chi connectivity index (χ3v) is 4.87. The van der Waals surface area contributed by atoms with Crippen LogP contribution in [0.25, 0.3) is 0 Å². The molecule has 1 N–H and O–H groups in total. The number of esters is 1. The number of ether oxygens (including phenoxy) is 2. The summed E-state index contributed by atoms with van der Waals surface area (Å²) in [6, 6.07) is 16.6. The SMILES string of the molecule is CCOC(=O)[C@H]1C(=O)C=C(Nc2ccccc2C#N)C[C@@H]1c1cccc(OC)c1. The predicted octanol–water partition coefficient (Wildman–Crippen LogP) is 3.80. The zero-order valence-corrected chi connectivity index (χ0v) is 16.3. The Morgan fingerprint density at radius 2 is 2.03 bits per heavy atom. The Hall–Kier alpha value is -3.59. The summed E-state index contributed by atoms with van der Waals surface area (Å²) in [5.74, 6) is -1.52. The highest BCUT2D eigenvalue weighted by molar-refractivity contribution is 6.07. The second kappa shape index (κ2) is 9.07. The van der Waals surface area contributed by atoms with Gasteiger partial charge in [-0.3, -0.25) is 9.59 Å². The van der Waals surface area contributed by atoms with Crippen LogP contribution in [0.1, 0.15) is 30.4 Å². The fourth-order valence-corrected chi connectivity index (χ4v) is 3.52. The first-order chi connectivity index (χ1) is 14.1. The minimum absolute atomic E-state index is 0.206. The van der Waals surface area contributed by atoms with E-state index in [-0.39, 0.29) is 12.4 Å². The number of allylic oxidation sites excluding steroid dienone is 2. The molecule has 6 heteroatoms. The van der Waals surface area contributed by atoms with Crippen LogP contribution >= 0.6 is 0 Å². The topological polar surface area (TPSA) is 88.4 Å². The standard InChI is InChI=1S/C23H22N2O4/c1-3-29-23(27)22-19(15-8-6-9-18(11-15)28-2)12-17(13-21(22)26)25-20-10-5-4-7-16(20)14-24/h4-11,13,19,22,25H,3,12H2,1-2H3/t19-,22-/m1/s1. The highest BCUT2D eigenvalue weighted by atomic mass is 16.5. The first kappa shape index (κ1) is 20.2. The molecule has 29 heavy (non-hydrogen) atoms. The zero-order chi connectivity index (χ0) is 20.8. The molecule has 0 radical (unpaired) electrons. The average molecular weight is 390 g/mol. The van der Waals surface area contributed by atoms with Gasteiger partial charge in [0.1, 0.15) is 17.7 Å². The summed E-state index contributed by atoms with van der Waals surface area (Å²) in [6.07, 6.45) is 1.86. The molecule has 2 atom stereocenters. The predicted molar refractivity (Wildman–Crippen MR) is 108 cm³/mol. The molecule has 0 saturated heterocycles. The summed E-state index contributed by atoms with van der Waals surface area (Å²) in [5.41, 5.74) is 2.56. The number of anilines is 1. The Morgan fingerprint density at radius 1 is 1.24 bits per heavy atom. The molecular weight excluding hydrogens is 368 g/mol. The van der Waals surface area contributed by atoms with Crippen LogP contribution in [0.15, 0.2) is 60.3 Å². The van der Waals surface area contributed by atoms with Gasteiger partial charge in [-0.1, -0.05) is 24.3 Å². The Balaban J connectivity index is 1.97. The molecule has 0 aromatic heterocycles. The van der Waals surface area contributed by atoms with Crippen molar-refractivity contribution in [3.05, 3.63) is 71.4 Å². The molecule has 0 unspecified atom stereocenters. The minimum atomic E-state index is -0.918. The molecule has 0 heterocycles. The summed E-state index contributed by atoms with van der Waals surface area (Å²) in [5, 5.41) is 12.5. The van der Waals surface area contributed by atoms with Gasteiger partial charge in [0, 0.05) is 17.7 Å². The molecule has 2 aromatic rings. The Kier molecular flexibility index (Phi) is 6.30. The van der Waals surface area contributed by atoms with Crippen molar-refractivity contribution in [2.24, 2.45) is 5.92 Å². The number of rotatable bonds is 6. The Bertz CT molecular complexity index is 990. The normalized spacial score (nSPS) is 18.4. The first-order valence-electron chi connectivity index (χ1n) is 9.38. The van der Waals surface area contributed by atoms with Gasteiger partial charge in [-0.2, -0.15) is 5.26 Å². The van der Waals surface area contributed by atoms with E-state index in [1.54, 1.807) is 32.2 Å². The van der Waals surface area contributed by atoms with Gasteiger partial charge in [-0.05, 0) is 43.2 Å². The van der Waals surface area contributed by atoms with Gasteiger partial charge in [-0.25, -0.2) is 0 Å². The fourth-order valence-electron chi connectivity index (χ4n) is 3.52. The maximum Gasteiger partial charge on any atom is 0.317 e. The lowest BCUT2D eigenvalue weighted by Gasteiger charge is -2.30. The number of para-hydroxylation sites is 1. The van der Waals surface area contributed by atoms with Crippen molar-refractivity contribution in [3.8, 4) is 11.8 Å². The van der Waals surface area contributed by atoms with Gasteiger partial charge < -0.3 is 14.8 Å². The minimum Gasteiger partial charge on any atom is -0.497 e.